The van der Waals surface area contributed by atoms with Gasteiger partial charge in [-0.1, -0.05) is 12.1 Å². The van der Waals surface area contributed by atoms with Crippen molar-refractivity contribution >= 4 is 18.3 Å². The molecule has 0 atom stereocenters. The molecule has 1 saturated heterocycles. The van der Waals surface area contributed by atoms with Crippen LogP contribution in [0.15, 0.2) is 24.3 Å². The van der Waals surface area contributed by atoms with E-state index < -0.39 is 5.82 Å². The van der Waals surface area contributed by atoms with Crippen LogP contribution in [-0.4, -0.2) is 49.8 Å². The van der Waals surface area contributed by atoms with Gasteiger partial charge in [0, 0.05) is 19.7 Å². The summed E-state index contributed by atoms with van der Waals surface area (Å²) in [4.78, 5) is 13.8. The highest BCUT2D eigenvalue weighted by Gasteiger charge is 2.23. The van der Waals surface area contributed by atoms with E-state index in [0.29, 0.717) is 26.2 Å². The lowest BCUT2D eigenvalue weighted by Crippen LogP contribution is -2.43. The second-order valence-electron chi connectivity index (χ2n) is 5.31. The third kappa shape index (κ3) is 6.33. The predicted octanol–water partition coefficient (Wildman–Crippen LogP) is 1.98. The van der Waals surface area contributed by atoms with E-state index in [0.717, 1.165) is 19.3 Å². The van der Waals surface area contributed by atoms with Gasteiger partial charge in [-0.05, 0) is 37.9 Å². The summed E-state index contributed by atoms with van der Waals surface area (Å²) >= 11 is 0. The monoisotopic (exact) mass is 346 g/mol. The van der Waals surface area contributed by atoms with E-state index in [2.05, 4.69) is 0 Å². The lowest BCUT2D eigenvalue weighted by Gasteiger charge is -2.31. The van der Waals surface area contributed by atoms with E-state index in [1.807, 2.05) is 0 Å². The van der Waals surface area contributed by atoms with Gasteiger partial charge in [0.05, 0.1) is 6.10 Å². The first kappa shape index (κ1) is 19.7. The molecule has 130 valence electrons. The number of carbonyl (C=O) groups excluding carboxylic acids is 1. The number of hydrogen-bond donors (Lipinski definition) is 1. The van der Waals surface area contributed by atoms with Crippen molar-refractivity contribution in [1.82, 2.24) is 4.90 Å². The molecule has 2 rings (SSSR count). The summed E-state index contributed by atoms with van der Waals surface area (Å²) in [5.74, 6) is -0.471. The van der Waals surface area contributed by atoms with Gasteiger partial charge in [0.25, 0.3) is 5.91 Å². The maximum atomic E-state index is 13.4. The predicted molar refractivity (Wildman–Crippen MR) is 88.4 cm³/mol. The summed E-state index contributed by atoms with van der Waals surface area (Å²) in [6, 6.07) is 6.08. The second kappa shape index (κ2) is 10.4. The number of halogens is 2. The van der Waals surface area contributed by atoms with Crippen LogP contribution in [0, 0.1) is 5.82 Å². The number of carbonyl (C=O) groups is 1. The van der Waals surface area contributed by atoms with Gasteiger partial charge < -0.3 is 20.1 Å². The molecule has 5 nitrogen and oxygen atoms in total. The lowest BCUT2D eigenvalue weighted by atomic mass is 10.1. The summed E-state index contributed by atoms with van der Waals surface area (Å²) in [5, 5.41) is 0. The highest BCUT2D eigenvalue weighted by atomic mass is 35.5. The Bertz CT molecular complexity index is 482. The van der Waals surface area contributed by atoms with Crippen LogP contribution < -0.4 is 10.5 Å². The molecule has 0 radical (unpaired) electrons. The molecule has 7 heteroatoms. The second-order valence-corrected chi connectivity index (χ2v) is 5.31. The Morgan fingerprint density at radius 3 is 2.65 bits per heavy atom. The molecule has 1 aliphatic rings. The minimum atomic E-state index is -0.456. The Labute approximate surface area is 142 Å². The molecule has 1 aliphatic heterocycles. The van der Waals surface area contributed by atoms with Gasteiger partial charge in [-0.2, -0.15) is 0 Å². The molecule has 1 amide bonds. The van der Waals surface area contributed by atoms with Crippen LogP contribution in [0.1, 0.15) is 19.3 Å². The normalized spacial score (nSPS) is 15.1. The smallest absolute Gasteiger partial charge is 0.260 e. The quantitative estimate of drug-likeness (QED) is 0.767. The van der Waals surface area contributed by atoms with Crippen molar-refractivity contribution in [3.8, 4) is 5.75 Å². The Morgan fingerprint density at radius 1 is 1.30 bits per heavy atom. The highest BCUT2D eigenvalue weighted by Crippen LogP contribution is 2.17. The molecule has 23 heavy (non-hydrogen) atoms. The number of hydrogen-bond acceptors (Lipinski definition) is 4. The van der Waals surface area contributed by atoms with Crippen molar-refractivity contribution in [1.29, 1.82) is 0 Å². The maximum absolute atomic E-state index is 13.4. The summed E-state index contributed by atoms with van der Waals surface area (Å²) in [6.07, 6.45) is 2.69. The van der Waals surface area contributed by atoms with Crippen LogP contribution in [0.3, 0.4) is 0 Å². The lowest BCUT2D eigenvalue weighted by molar-refractivity contribution is -0.136. The van der Waals surface area contributed by atoms with Crippen LogP contribution in [0.5, 0.6) is 5.75 Å². The van der Waals surface area contributed by atoms with Crippen molar-refractivity contribution in [2.75, 3.05) is 32.8 Å². The molecular weight excluding hydrogens is 323 g/mol. The fourth-order valence-corrected chi connectivity index (χ4v) is 2.40. The van der Waals surface area contributed by atoms with E-state index in [4.69, 9.17) is 15.2 Å². The Kier molecular flexibility index (Phi) is 8.91. The minimum Gasteiger partial charge on any atom is -0.481 e. The molecule has 0 bridgehead atoms. The maximum Gasteiger partial charge on any atom is 0.260 e. The Balaban J connectivity index is 0.00000264. The van der Waals surface area contributed by atoms with E-state index in [1.54, 1.807) is 17.0 Å². The number of amides is 1. The highest BCUT2D eigenvalue weighted by molar-refractivity contribution is 5.85. The fourth-order valence-electron chi connectivity index (χ4n) is 2.40. The molecule has 1 aromatic rings. The number of rotatable bonds is 7. The number of nitrogens with two attached hydrogens (primary N) is 1. The van der Waals surface area contributed by atoms with Gasteiger partial charge in [-0.15, -0.1) is 12.4 Å². The molecule has 1 fully saturated rings. The van der Waals surface area contributed by atoms with Gasteiger partial charge in [-0.3, -0.25) is 4.79 Å². The first-order valence-electron chi connectivity index (χ1n) is 7.67. The van der Waals surface area contributed by atoms with Crippen LogP contribution in [0.25, 0.3) is 0 Å². The number of benzene rings is 1. The Morgan fingerprint density at radius 2 is 2.00 bits per heavy atom. The molecule has 0 unspecified atom stereocenters. The standard InChI is InChI=1S/C16H23FN2O3.ClH/c17-14-4-1-2-5-15(14)22-12-16(20)19-9-6-13(7-10-19)21-11-3-8-18;/h1-2,4-5,13H,3,6-12,18H2;1H. The summed E-state index contributed by atoms with van der Waals surface area (Å²) < 4.78 is 24.4. The van der Waals surface area contributed by atoms with Crippen LogP contribution in [-0.2, 0) is 9.53 Å². The first-order valence-corrected chi connectivity index (χ1v) is 7.67. The van der Waals surface area contributed by atoms with Gasteiger partial charge >= 0.3 is 0 Å². The van der Waals surface area contributed by atoms with Crippen LogP contribution in [0.4, 0.5) is 4.39 Å². The zero-order valence-electron chi connectivity index (χ0n) is 13.1. The first-order chi connectivity index (χ1) is 10.7. The average molecular weight is 347 g/mol. The molecular formula is C16H24ClFN2O3. The third-order valence-corrected chi connectivity index (χ3v) is 3.68. The summed E-state index contributed by atoms with van der Waals surface area (Å²) in [7, 11) is 0. The van der Waals surface area contributed by atoms with Gasteiger partial charge in [-0.25, -0.2) is 4.39 Å². The van der Waals surface area contributed by atoms with E-state index in [-0.39, 0.29) is 36.8 Å². The summed E-state index contributed by atoms with van der Waals surface area (Å²) in [6.45, 7) is 2.45. The van der Waals surface area contributed by atoms with E-state index in [9.17, 15) is 9.18 Å². The van der Waals surface area contributed by atoms with Gasteiger partial charge in [0.15, 0.2) is 18.2 Å². The van der Waals surface area contributed by atoms with Crippen molar-refractivity contribution in [2.24, 2.45) is 5.73 Å². The molecule has 0 aliphatic carbocycles. The van der Waals surface area contributed by atoms with Crippen LogP contribution in [0.2, 0.25) is 0 Å². The number of para-hydroxylation sites is 1. The van der Waals surface area contributed by atoms with E-state index in [1.165, 1.54) is 12.1 Å². The number of nitrogens with zero attached hydrogens (tertiary/aromatic N) is 1. The molecule has 2 N–H and O–H groups in total. The molecule has 0 spiro atoms. The molecule has 0 saturated carbocycles. The zero-order chi connectivity index (χ0) is 15.8. The van der Waals surface area contributed by atoms with E-state index >= 15 is 0 Å². The van der Waals surface area contributed by atoms with Crippen molar-refractivity contribution in [2.45, 2.75) is 25.4 Å². The zero-order valence-corrected chi connectivity index (χ0v) is 13.9. The molecule has 0 aromatic heterocycles. The van der Waals surface area contributed by atoms with Gasteiger partial charge in [0.2, 0.25) is 0 Å². The largest absolute Gasteiger partial charge is 0.481 e. The van der Waals surface area contributed by atoms with Gasteiger partial charge in [0.1, 0.15) is 0 Å². The van der Waals surface area contributed by atoms with Crippen molar-refractivity contribution in [3.05, 3.63) is 30.1 Å². The number of piperidine rings is 1. The number of likely N-dealkylation sites (tertiary alicyclic amines) is 1. The minimum absolute atomic E-state index is 0. The van der Waals surface area contributed by atoms with Crippen LogP contribution >= 0.6 is 12.4 Å². The van der Waals surface area contributed by atoms with Crippen molar-refractivity contribution in [3.63, 3.8) is 0 Å². The SMILES string of the molecule is Cl.NCCCOC1CCN(C(=O)COc2ccccc2F)CC1. The molecule has 1 heterocycles. The topological polar surface area (TPSA) is 64.8 Å². The third-order valence-electron chi connectivity index (χ3n) is 3.68. The summed E-state index contributed by atoms with van der Waals surface area (Å²) in [5.41, 5.74) is 5.42. The van der Waals surface area contributed by atoms with Crippen molar-refractivity contribution < 1.29 is 18.7 Å². The number of ether oxygens (including phenoxy) is 2. The Hall–Kier alpha value is -1.37. The fraction of sp³-hybridized carbons (Fsp3) is 0.562. The molecule has 1 aromatic carbocycles. The average Bonchev–Trinajstić information content (AvgIpc) is 2.55.